The number of hydrogen-bond donors (Lipinski definition) is 1. The lowest BCUT2D eigenvalue weighted by atomic mass is 10.5. The van der Waals surface area contributed by atoms with Crippen LogP contribution in [0.5, 0.6) is 0 Å². The van der Waals surface area contributed by atoms with Crippen LogP contribution in [0.25, 0.3) is 0 Å². The molecule has 0 bridgehead atoms. The monoisotopic (exact) mass is 311 g/mol. The Labute approximate surface area is 95.5 Å². The molecule has 0 aliphatic carbocycles. The first-order chi connectivity index (χ1) is 6.67. The van der Waals surface area contributed by atoms with E-state index in [0.29, 0.717) is 0 Å². The summed E-state index contributed by atoms with van der Waals surface area (Å²) in [5.74, 6) is 2.55. The van der Waals surface area contributed by atoms with Crippen molar-refractivity contribution in [1.29, 1.82) is 0 Å². The third kappa shape index (κ3) is 4.43. The van der Waals surface area contributed by atoms with Crippen LogP contribution in [0.2, 0.25) is 0 Å². The summed E-state index contributed by atoms with van der Waals surface area (Å²) >= 11 is 1.79. The molecule has 0 spiro atoms. The average molecular weight is 311 g/mol. The zero-order valence-corrected chi connectivity index (χ0v) is 9.72. The molecule has 0 fully saturated rings. The molecule has 0 aliphatic rings. The SMILES string of the molecule is CCOC(=O)N(CC#CI)C(O)C=O. The maximum Gasteiger partial charge on any atom is 0.412 e. The van der Waals surface area contributed by atoms with E-state index < -0.39 is 12.3 Å². The van der Waals surface area contributed by atoms with Crippen molar-refractivity contribution in [3.63, 3.8) is 0 Å². The van der Waals surface area contributed by atoms with Crippen LogP contribution in [0, 0.1) is 9.85 Å². The largest absolute Gasteiger partial charge is 0.450 e. The lowest BCUT2D eigenvalue weighted by Crippen LogP contribution is -2.41. The number of hydrogen-bond acceptors (Lipinski definition) is 4. The smallest absolute Gasteiger partial charge is 0.412 e. The van der Waals surface area contributed by atoms with E-state index >= 15 is 0 Å². The summed E-state index contributed by atoms with van der Waals surface area (Å²) < 4.78 is 7.14. The highest BCUT2D eigenvalue weighted by atomic mass is 127. The van der Waals surface area contributed by atoms with Gasteiger partial charge in [0.2, 0.25) is 0 Å². The summed E-state index contributed by atoms with van der Waals surface area (Å²) in [6.07, 6.45) is -2.02. The lowest BCUT2D eigenvalue weighted by molar-refractivity contribution is -0.122. The van der Waals surface area contributed by atoms with Gasteiger partial charge in [0, 0.05) is 22.6 Å². The van der Waals surface area contributed by atoms with Gasteiger partial charge in [-0.15, -0.1) is 0 Å². The number of amides is 1. The Morgan fingerprint density at radius 3 is 2.86 bits per heavy atom. The van der Waals surface area contributed by atoms with Crippen LogP contribution in [-0.2, 0) is 9.53 Å². The minimum Gasteiger partial charge on any atom is -0.450 e. The molecule has 1 amide bonds. The Bertz CT molecular complexity index is 258. The van der Waals surface area contributed by atoms with Crippen molar-refractivity contribution in [3.05, 3.63) is 0 Å². The van der Waals surface area contributed by atoms with E-state index in [1.807, 2.05) is 0 Å². The van der Waals surface area contributed by atoms with Gasteiger partial charge in [-0.25, -0.2) is 4.79 Å². The molecule has 14 heavy (non-hydrogen) atoms. The van der Waals surface area contributed by atoms with Gasteiger partial charge in [-0.05, 0) is 10.9 Å². The van der Waals surface area contributed by atoms with Gasteiger partial charge in [0.15, 0.2) is 12.5 Å². The molecule has 1 unspecified atom stereocenters. The van der Waals surface area contributed by atoms with Gasteiger partial charge in [-0.1, -0.05) is 5.92 Å². The van der Waals surface area contributed by atoms with Crippen LogP contribution in [0.15, 0.2) is 0 Å². The predicted molar refractivity (Wildman–Crippen MR) is 57.6 cm³/mol. The van der Waals surface area contributed by atoms with Crippen LogP contribution < -0.4 is 0 Å². The van der Waals surface area contributed by atoms with Crippen molar-refractivity contribution in [3.8, 4) is 9.85 Å². The molecule has 0 aromatic carbocycles. The van der Waals surface area contributed by atoms with Crippen molar-refractivity contribution < 1.29 is 19.4 Å². The second-order valence-electron chi connectivity index (χ2n) is 2.15. The van der Waals surface area contributed by atoms with E-state index in [1.165, 1.54) is 0 Å². The number of aliphatic hydroxyl groups excluding tert-OH is 1. The van der Waals surface area contributed by atoms with Gasteiger partial charge in [0.05, 0.1) is 13.2 Å². The van der Waals surface area contributed by atoms with E-state index in [1.54, 1.807) is 29.5 Å². The Morgan fingerprint density at radius 1 is 1.79 bits per heavy atom. The molecule has 0 saturated heterocycles. The van der Waals surface area contributed by atoms with Crippen molar-refractivity contribution >= 4 is 35.0 Å². The van der Waals surface area contributed by atoms with Crippen LogP contribution in [-0.4, -0.2) is 41.8 Å². The topological polar surface area (TPSA) is 66.8 Å². The van der Waals surface area contributed by atoms with Gasteiger partial charge in [-0.2, -0.15) is 0 Å². The third-order valence-corrected chi connectivity index (χ3v) is 1.64. The minimum absolute atomic E-state index is 0.0400. The molecule has 0 radical (unpaired) electrons. The molecule has 0 aliphatic heterocycles. The fourth-order valence-corrected chi connectivity index (χ4v) is 0.832. The first-order valence-electron chi connectivity index (χ1n) is 3.82. The van der Waals surface area contributed by atoms with Crippen molar-refractivity contribution in [2.45, 2.75) is 13.2 Å². The maximum atomic E-state index is 11.2. The standard InChI is InChI=1S/C8H10INO4/c1-2-14-8(13)10(5-3-4-9)7(12)6-11/h6-7,12H,2,5H2,1H3. The Hall–Kier alpha value is -0.810. The fraction of sp³-hybridized carbons (Fsp3) is 0.500. The highest BCUT2D eigenvalue weighted by Crippen LogP contribution is 1.97. The molecule has 78 valence electrons. The molecule has 1 atom stereocenters. The molecule has 5 nitrogen and oxygen atoms in total. The van der Waals surface area contributed by atoms with E-state index in [0.717, 1.165) is 4.90 Å². The van der Waals surface area contributed by atoms with Crippen LogP contribution in [0.3, 0.4) is 0 Å². The summed E-state index contributed by atoms with van der Waals surface area (Å²) in [6, 6.07) is 0. The molecular weight excluding hydrogens is 301 g/mol. The van der Waals surface area contributed by atoms with E-state index in [4.69, 9.17) is 5.11 Å². The predicted octanol–water partition coefficient (Wildman–Crippen LogP) is 0.358. The van der Waals surface area contributed by atoms with Crippen molar-refractivity contribution in [2.24, 2.45) is 0 Å². The summed E-state index contributed by atoms with van der Waals surface area (Å²) in [4.78, 5) is 22.3. The van der Waals surface area contributed by atoms with E-state index in [2.05, 4.69) is 14.6 Å². The van der Waals surface area contributed by atoms with Crippen LogP contribution in [0.1, 0.15) is 6.92 Å². The van der Waals surface area contributed by atoms with Crippen LogP contribution in [0.4, 0.5) is 4.79 Å². The Kier molecular flexibility index (Phi) is 7.14. The molecule has 0 saturated carbocycles. The number of aldehydes is 1. The first-order valence-corrected chi connectivity index (χ1v) is 4.90. The molecule has 0 aromatic heterocycles. The Balaban J connectivity index is 4.42. The molecule has 0 rings (SSSR count). The number of aliphatic hydroxyl groups is 1. The van der Waals surface area contributed by atoms with Gasteiger partial charge in [0.25, 0.3) is 0 Å². The Morgan fingerprint density at radius 2 is 2.43 bits per heavy atom. The van der Waals surface area contributed by atoms with Crippen LogP contribution >= 0.6 is 22.6 Å². The second-order valence-corrected chi connectivity index (χ2v) is 2.69. The summed E-state index contributed by atoms with van der Waals surface area (Å²) in [6.45, 7) is 1.77. The summed E-state index contributed by atoms with van der Waals surface area (Å²) in [5, 5.41) is 9.13. The summed E-state index contributed by atoms with van der Waals surface area (Å²) in [7, 11) is 0. The number of carbonyl (C=O) groups excluding carboxylic acids is 2. The van der Waals surface area contributed by atoms with E-state index in [-0.39, 0.29) is 19.4 Å². The number of rotatable bonds is 4. The molecular formula is C8H10INO4. The minimum atomic E-state index is -1.51. The molecule has 1 N–H and O–H groups in total. The number of nitrogens with zero attached hydrogens (tertiary/aromatic N) is 1. The fourth-order valence-electron chi connectivity index (χ4n) is 0.661. The highest BCUT2D eigenvalue weighted by molar-refractivity contribution is 14.1. The third-order valence-electron chi connectivity index (χ3n) is 1.26. The van der Waals surface area contributed by atoms with Gasteiger partial charge in [-0.3, -0.25) is 9.69 Å². The van der Waals surface area contributed by atoms with E-state index in [9.17, 15) is 9.59 Å². The molecule has 6 heteroatoms. The number of carbonyl (C=O) groups is 2. The van der Waals surface area contributed by atoms with Gasteiger partial charge >= 0.3 is 6.09 Å². The summed E-state index contributed by atoms with van der Waals surface area (Å²) in [5.41, 5.74) is 0. The first kappa shape index (κ1) is 13.2. The van der Waals surface area contributed by atoms with Crippen molar-refractivity contribution in [1.82, 2.24) is 4.90 Å². The highest BCUT2D eigenvalue weighted by Gasteiger charge is 2.20. The average Bonchev–Trinajstić information content (AvgIpc) is 2.18. The zero-order chi connectivity index (χ0) is 11.0. The normalized spacial score (nSPS) is 10.8. The maximum absolute atomic E-state index is 11.2. The van der Waals surface area contributed by atoms with Gasteiger partial charge in [0.1, 0.15) is 0 Å². The molecule has 0 heterocycles. The van der Waals surface area contributed by atoms with Crippen molar-refractivity contribution in [2.75, 3.05) is 13.2 Å². The number of halogens is 1. The second kappa shape index (κ2) is 7.58. The number of ether oxygens (including phenoxy) is 1. The lowest BCUT2D eigenvalue weighted by Gasteiger charge is -2.20. The zero-order valence-electron chi connectivity index (χ0n) is 7.57. The van der Waals surface area contributed by atoms with Gasteiger partial charge < -0.3 is 9.84 Å². The molecule has 0 aromatic rings. The quantitative estimate of drug-likeness (QED) is 0.352.